The summed E-state index contributed by atoms with van der Waals surface area (Å²) in [5.74, 6) is 1.07. The van der Waals surface area contributed by atoms with Gasteiger partial charge in [0.25, 0.3) is 0 Å². The van der Waals surface area contributed by atoms with Crippen LogP contribution >= 0.6 is 0 Å². The van der Waals surface area contributed by atoms with Crippen LogP contribution in [0.15, 0.2) is 72.6 Å². The summed E-state index contributed by atoms with van der Waals surface area (Å²) in [5.41, 5.74) is 5.82. The Hall–Kier alpha value is -4.94. The Morgan fingerprint density at radius 2 is 1.93 bits per heavy atom. The topological polar surface area (TPSA) is 112 Å². The number of aryl methyl sites for hydroxylation is 1. The van der Waals surface area contributed by atoms with Gasteiger partial charge >= 0.3 is 0 Å². The molecule has 5 rings (SSSR count). The van der Waals surface area contributed by atoms with Gasteiger partial charge in [-0.05, 0) is 75.7 Å². The molecule has 1 aliphatic rings. The zero-order valence-corrected chi connectivity index (χ0v) is 24.1. The summed E-state index contributed by atoms with van der Waals surface area (Å²) in [6.45, 7) is 6.53. The average Bonchev–Trinajstić information content (AvgIpc) is 2.99. The minimum Gasteiger partial charge on any atom is -0.492 e. The highest BCUT2D eigenvalue weighted by Gasteiger charge is 2.17. The minimum atomic E-state index is -0.203. The molecule has 0 radical (unpaired) electrons. The van der Waals surface area contributed by atoms with Crippen molar-refractivity contribution in [2.45, 2.75) is 33.3 Å². The van der Waals surface area contributed by atoms with E-state index in [2.05, 4.69) is 38.6 Å². The largest absolute Gasteiger partial charge is 0.492 e. The number of anilines is 3. The molecule has 42 heavy (non-hydrogen) atoms. The molecule has 2 aromatic carbocycles. The van der Waals surface area contributed by atoms with Crippen LogP contribution in [0.25, 0.3) is 10.9 Å². The molecule has 4 aromatic rings. The third-order valence-electron chi connectivity index (χ3n) is 7.16. The van der Waals surface area contributed by atoms with Crippen LogP contribution in [0.4, 0.5) is 17.1 Å². The normalized spacial score (nSPS) is 13.3. The number of rotatable bonds is 9. The number of hydrogen-bond donors (Lipinski definition) is 2. The van der Waals surface area contributed by atoms with Crippen LogP contribution in [0.1, 0.15) is 36.6 Å². The van der Waals surface area contributed by atoms with Crippen LogP contribution in [0.3, 0.4) is 0 Å². The Balaban J connectivity index is 1.43. The van der Waals surface area contributed by atoms with Crippen molar-refractivity contribution in [2.75, 3.05) is 37.4 Å². The molecule has 1 fully saturated rings. The minimum absolute atomic E-state index is 0.203. The lowest BCUT2D eigenvalue weighted by Crippen LogP contribution is -2.27. The van der Waals surface area contributed by atoms with E-state index in [0.29, 0.717) is 46.8 Å². The number of benzene rings is 2. The summed E-state index contributed by atoms with van der Waals surface area (Å²) < 4.78 is 11.8. The Morgan fingerprint density at radius 3 is 2.64 bits per heavy atom. The molecular weight excluding hydrogens is 528 g/mol. The van der Waals surface area contributed by atoms with Crippen LogP contribution in [0.5, 0.6) is 11.5 Å². The van der Waals surface area contributed by atoms with Gasteiger partial charge in [-0.15, -0.1) is 0 Å². The van der Waals surface area contributed by atoms with Gasteiger partial charge in [0.1, 0.15) is 24.2 Å². The van der Waals surface area contributed by atoms with Crippen molar-refractivity contribution < 1.29 is 14.3 Å². The molecule has 0 saturated carbocycles. The number of nitriles is 1. The molecule has 0 atom stereocenters. The summed E-state index contributed by atoms with van der Waals surface area (Å²) in [7, 11) is 2.09. The summed E-state index contributed by atoms with van der Waals surface area (Å²) in [6, 6.07) is 17.3. The summed E-state index contributed by atoms with van der Waals surface area (Å²) in [4.78, 5) is 24.1. The van der Waals surface area contributed by atoms with Gasteiger partial charge in [-0.1, -0.05) is 11.6 Å². The van der Waals surface area contributed by atoms with Crippen LogP contribution < -0.4 is 20.1 Å². The van der Waals surface area contributed by atoms with Crippen molar-refractivity contribution in [1.29, 1.82) is 5.26 Å². The first-order chi connectivity index (χ1) is 20.4. The van der Waals surface area contributed by atoms with Crippen LogP contribution in [0.2, 0.25) is 0 Å². The second-order valence-corrected chi connectivity index (χ2v) is 10.3. The molecule has 9 heteroatoms. The van der Waals surface area contributed by atoms with Crippen molar-refractivity contribution >= 4 is 33.9 Å². The maximum Gasteiger partial charge on any atom is 0.248 e. The number of nitrogens with zero attached hydrogens (tertiary/aromatic N) is 4. The van der Waals surface area contributed by atoms with Gasteiger partial charge in [-0.25, -0.2) is 0 Å². The Bertz CT molecular complexity index is 1650. The molecular formula is C33H34N6O3. The van der Waals surface area contributed by atoms with Gasteiger partial charge in [0.15, 0.2) is 0 Å². The Labute approximate surface area is 245 Å². The van der Waals surface area contributed by atoms with E-state index in [-0.39, 0.29) is 5.91 Å². The fourth-order valence-electron chi connectivity index (χ4n) is 4.88. The number of piperidine rings is 1. The zero-order chi connectivity index (χ0) is 29.5. The number of ether oxygens (including phenoxy) is 2. The molecule has 1 saturated heterocycles. The van der Waals surface area contributed by atoms with E-state index in [1.165, 1.54) is 0 Å². The van der Waals surface area contributed by atoms with Gasteiger partial charge in [0.05, 0.1) is 34.8 Å². The van der Waals surface area contributed by atoms with E-state index >= 15 is 0 Å². The molecule has 1 aliphatic heterocycles. The number of amides is 1. The number of fused-ring (bicyclic) bond motifs is 1. The molecule has 214 valence electrons. The number of likely N-dealkylation sites (tertiary alicyclic amines) is 1. The van der Waals surface area contributed by atoms with E-state index in [9.17, 15) is 10.1 Å². The molecule has 0 unspecified atom stereocenters. The molecule has 9 nitrogen and oxygen atoms in total. The lowest BCUT2D eigenvalue weighted by molar-refractivity contribution is -0.112. The van der Waals surface area contributed by atoms with Crippen LogP contribution in [-0.2, 0) is 11.4 Å². The highest BCUT2D eigenvalue weighted by molar-refractivity contribution is 6.05. The van der Waals surface area contributed by atoms with Gasteiger partial charge in [0.2, 0.25) is 5.91 Å². The number of carbonyl (C=O) groups excluding carboxylic acids is 1. The van der Waals surface area contributed by atoms with Gasteiger partial charge in [-0.3, -0.25) is 14.8 Å². The monoisotopic (exact) mass is 562 g/mol. The van der Waals surface area contributed by atoms with Gasteiger partial charge in [0, 0.05) is 48.7 Å². The lowest BCUT2D eigenvalue weighted by atomic mass is 10.0. The molecule has 0 aliphatic carbocycles. The Kier molecular flexibility index (Phi) is 8.95. The number of carbonyl (C=O) groups is 1. The standard InChI is InChI=1S/C33H34N6O3/c1-4-41-31-18-28-27(17-29(31)38-32(40)16-23-10-13-39(3)14-11-23)33(24(19-34)20-36-28)37-25-8-9-30(22(2)15-25)42-21-26-7-5-6-12-35-26/h5-9,12,15-18,20H,4,10-11,13-14,21H2,1-3H3,(H,36,37)(H,38,40). The van der Waals surface area contributed by atoms with E-state index in [0.717, 1.165) is 54.2 Å². The van der Waals surface area contributed by atoms with E-state index in [1.54, 1.807) is 24.5 Å². The smallest absolute Gasteiger partial charge is 0.248 e. The second kappa shape index (κ2) is 13.1. The highest BCUT2D eigenvalue weighted by Crippen LogP contribution is 2.37. The second-order valence-electron chi connectivity index (χ2n) is 10.3. The van der Waals surface area contributed by atoms with E-state index in [1.807, 2.05) is 56.3 Å². The van der Waals surface area contributed by atoms with E-state index < -0.39 is 0 Å². The van der Waals surface area contributed by atoms with Crippen molar-refractivity contribution in [1.82, 2.24) is 14.9 Å². The Morgan fingerprint density at radius 1 is 1.10 bits per heavy atom. The summed E-state index contributed by atoms with van der Waals surface area (Å²) >= 11 is 0. The predicted molar refractivity (Wildman–Crippen MR) is 164 cm³/mol. The quantitative estimate of drug-likeness (QED) is 0.235. The van der Waals surface area contributed by atoms with Crippen LogP contribution in [-0.4, -0.2) is 47.5 Å². The predicted octanol–water partition coefficient (Wildman–Crippen LogP) is 6.12. The van der Waals surface area contributed by atoms with Gasteiger partial charge in [-0.2, -0.15) is 5.26 Å². The SMILES string of the molecule is CCOc1cc2ncc(C#N)c(Nc3ccc(OCc4ccccn4)c(C)c3)c2cc1NC(=O)C=C1CCN(C)CC1. The van der Waals surface area contributed by atoms with Crippen molar-refractivity contribution in [3.8, 4) is 17.6 Å². The third kappa shape index (κ3) is 6.85. The number of pyridine rings is 2. The molecule has 2 aromatic heterocycles. The number of aromatic nitrogens is 2. The maximum absolute atomic E-state index is 13.0. The first-order valence-electron chi connectivity index (χ1n) is 14.0. The fourth-order valence-corrected chi connectivity index (χ4v) is 4.88. The summed E-state index contributed by atoms with van der Waals surface area (Å²) in [5, 5.41) is 17.0. The van der Waals surface area contributed by atoms with Crippen molar-refractivity contribution in [3.63, 3.8) is 0 Å². The maximum atomic E-state index is 13.0. The average molecular weight is 563 g/mol. The number of hydrogen-bond acceptors (Lipinski definition) is 8. The molecule has 3 heterocycles. The molecule has 2 N–H and O–H groups in total. The highest BCUT2D eigenvalue weighted by atomic mass is 16.5. The molecule has 1 amide bonds. The molecule has 0 spiro atoms. The first kappa shape index (κ1) is 28.6. The van der Waals surface area contributed by atoms with Crippen molar-refractivity contribution in [2.24, 2.45) is 0 Å². The zero-order valence-electron chi connectivity index (χ0n) is 24.1. The number of nitrogens with one attached hydrogen (secondary N) is 2. The van der Waals surface area contributed by atoms with Crippen LogP contribution in [0, 0.1) is 18.3 Å². The fraction of sp³-hybridized carbons (Fsp3) is 0.273. The molecule has 0 bridgehead atoms. The van der Waals surface area contributed by atoms with Gasteiger partial charge < -0.3 is 25.0 Å². The third-order valence-corrected chi connectivity index (χ3v) is 7.16. The van der Waals surface area contributed by atoms with E-state index in [4.69, 9.17) is 9.47 Å². The summed E-state index contributed by atoms with van der Waals surface area (Å²) in [6.07, 6.45) is 6.72. The first-order valence-corrected chi connectivity index (χ1v) is 14.0. The van der Waals surface area contributed by atoms with Crippen molar-refractivity contribution in [3.05, 3.63) is 89.4 Å². The lowest BCUT2D eigenvalue weighted by Gasteiger charge is -2.23.